The summed E-state index contributed by atoms with van der Waals surface area (Å²) in [5, 5.41) is 9.80. The molecule has 3 aromatic rings. The Bertz CT molecular complexity index is 897. The predicted octanol–water partition coefficient (Wildman–Crippen LogP) is 3.42. The van der Waals surface area contributed by atoms with Gasteiger partial charge in [-0.05, 0) is 39.0 Å². The molecule has 24 heavy (non-hydrogen) atoms. The SMILES string of the molecule is Cc1nc([C@@H](C)Nc2ccc3c(C)n(CC(N)=O)nc3c2)sc1Cl. The van der Waals surface area contributed by atoms with Gasteiger partial charge < -0.3 is 11.1 Å². The molecule has 0 fully saturated rings. The molecule has 0 aliphatic carbocycles. The van der Waals surface area contributed by atoms with Crippen molar-refractivity contribution in [3.8, 4) is 0 Å². The van der Waals surface area contributed by atoms with Gasteiger partial charge in [-0.15, -0.1) is 11.3 Å². The minimum Gasteiger partial charge on any atom is -0.376 e. The first-order valence-electron chi connectivity index (χ1n) is 7.50. The van der Waals surface area contributed by atoms with E-state index < -0.39 is 5.91 Å². The van der Waals surface area contributed by atoms with E-state index in [1.165, 1.54) is 11.3 Å². The number of aryl methyl sites for hydroxylation is 2. The highest BCUT2D eigenvalue weighted by molar-refractivity contribution is 7.16. The Kier molecular flexibility index (Phi) is 4.47. The van der Waals surface area contributed by atoms with Gasteiger partial charge >= 0.3 is 0 Å². The molecule has 0 radical (unpaired) electrons. The van der Waals surface area contributed by atoms with Gasteiger partial charge in [-0.2, -0.15) is 5.10 Å². The molecule has 0 spiro atoms. The van der Waals surface area contributed by atoms with Crippen molar-refractivity contribution in [3.63, 3.8) is 0 Å². The number of thiazole rings is 1. The summed E-state index contributed by atoms with van der Waals surface area (Å²) in [4.78, 5) is 15.6. The molecule has 0 saturated carbocycles. The van der Waals surface area contributed by atoms with Crippen LogP contribution in [0.1, 0.15) is 29.4 Å². The third-order valence-corrected chi connectivity index (χ3v) is 5.45. The quantitative estimate of drug-likeness (QED) is 0.727. The Balaban J connectivity index is 1.86. The summed E-state index contributed by atoms with van der Waals surface area (Å²) in [6.45, 7) is 5.94. The van der Waals surface area contributed by atoms with E-state index in [9.17, 15) is 4.79 Å². The molecule has 0 aliphatic rings. The molecule has 0 unspecified atom stereocenters. The fourth-order valence-electron chi connectivity index (χ4n) is 2.55. The average Bonchev–Trinajstić information content (AvgIpc) is 2.99. The zero-order chi connectivity index (χ0) is 17.4. The van der Waals surface area contributed by atoms with Crippen LogP contribution in [0.3, 0.4) is 0 Å². The van der Waals surface area contributed by atoms with Crippen LogP contribution in [0.25, 0.3) is 10.9 Å². The van der Waals surface area contributed by atoms with Crippen molar-refractivity contribution in [3.05, 3.63) is 38.9 Å². The molecule has 0 saturated heterocycles. The number of carbonyl (C=O) groups excluding carboxylic acids is 1. The van der Waals surface area contributed by atoms with E-state index in [-0.39, 0.29) is 12.6 Å². The van der Waals surface area contributed by atoms with E-state index in [1.54, 1.807) is 4.68 Å². The van der Waals surface area contributed by atoms with Gasteiger partial charge in [-0.25, -0.2) is 4.98 Å². The number of nitrogens with zero attached hydrogens (tertiary/aromatic N) is 3. The maximum absolute atomic E-state index is 11.1. The van der Waals surface area contributed by atoms with Crippen LogP contribution in [0.15, 0.2) is 18.2 Å². The number of halogens is 1. The largest absolute Gasteiger partial charge is 0.376 e. The monoisotopic (exact) mass is 363 g/mol. The van der Waals surface area contributed by atoms with Crippen LogP contribution in [0.5, 0.6) is 0 Å². The first kappa shape index (κ1) is 16.7. The Morgan fingerprint density at radius 3 is 2.83 bits per heavy atom. The molecule has 2 aromatic heterocycles. The fourth-order valence-corrected chi connectivity index (χ4v) is 3.63. The summed E-state index contributed by atoms with van der Waals surface area (Å²) < 4.78 is 2.35. The Hall–Kier alpha value is -2.12. The first-order valence-corrected chi connectivity index (χ1v) is 8.69. The lowest BCUT2D eigenvalue weighted by molar-refractivity contribution is -0.118. The third-order valence-electron chi connectivity index (χ3n) is 3.82. The van der Waals surface area contributed by atoms with Gasteiger partial charge in [0.1, 0.15) is 15.9 Å². The molecular formula is C16H18ClN5OS. The lowest BCUT2D eigenvalue weighted by atomic mass is 10.2. The molecule has 3 rings (SSSR count). The summed E-state index contributed by atoms with van der Waals surface area (Å²) >= 11 is 7.57. The number of carbonyl (C=O) groups is 1. The number of hydrogen-bond acceptors (Lipinski definition) is 5. The number of benzene rings is 1. The highest BCUT2D eigenvalue weighted by Gasteiger charge is 2.14. The van der Waals surface area contributed by atoms with Gasteiger partial charge in [0.05, 0.1) is 17.3 Å². The van der Waals surface area contributed by atoms with Crippen molar-refractivity contribution in [2.45, 2.75) is 33.4 Å². The molecule has 1 aromatic carbocycles. The van der Waals surface area contributed by atoms with Crippen molar-refractivity contribution in [2.24, 2.45) is 5.73 Å². The van der Waals surface area contributed by atoms with E-state index in [1.807, 2.05) is 39.0 Å². The van der Waals surface area contributed by atoms with E-state index in [4.69, 9.17) is 17.3 Å². The van der Waals surface area contributed by atoms with E-state index in [0.717, 1.165) is 37.3 Å². The summed E-state index contributed by atoms with van der Waals surface area (Å²) in [6, 6.07) is 5.97. The average molecular weight is 364 g/mol. The number of hydrogen-bond donors (Lipinski definition) is 2. The van der Waals surface area contributed by atoms with Crippen LogP contribution in [-0.2, 0) is 11.3 Å². The van der Waals surface area contributed by atoms with Crippen LogP contribution < -0.4 is 11.1 Å². The molecule has 0 bridgehead atoms. The number of fused-ring (bicyclic) bond motifs is 1. The van der Waals surface area contributed by atoms with Gasteiger partial charge in [0.15, 0.2) is 0 Å². The molecule has 126 valence electrons. The molecule has 1 atom stereocenters. The van der Waals surface area contributed by atoms with E-state index in [2.05, 4.69) is 15.4 Å². The maximum atomic E-state index is 11.1. The number of nitrogens with one attached hydrogen (secondary N) is 1. The Morgan fingerprint density at radius 1 is 1.46 bits per heavy atom. The second-order valence-electron chi connectivity index (χ2n) is 5.72. The van der Waals surface area contributed by atoms with Gasteiger partial charge in [-0.1, -0.05) is 11.6 Å². The van der Waals surface area contributed by atoms with Crippen molar-refractivity contribution >= 4 is 45.4 Å². The minimum atomic E-state index is -0.408. The minimum absolute atomic E-state index is 0.0347. The number of primary amides is 1. The van der Waals surface area contributed by atoms with Crippen LogP contribution >= 0.6 is 22.9 Å². The number of rotatable bonds is 5. The van der Waals surface area contributed by atoms with Gasteiger partial charge in [-0.3, -0.25) is 9.48 Å². The topological polar surface area (TPSA) is 85.8 Å². The maximum Gasteiger partial charge on any atom is 0.239 e. The zero-order valence-electron chi connectivity index (χ0n) is 13.6. The van der Waals surface area contributed by atoms with Crippen molar-refractivity contribution < 1.29 is 4.79 Å². The standard InChI is InChI=1S/C16H18ClN5OS/c1-8-15(17)24-16(20-8)9(2)19-11-4-5-12-10(3)22(7-14(18)23)21-13(12)6-11/h4-6,9,19H,7H2,1-3H3,(H2,18,23)/t9-/m1/s1. The second kappa shape index (κ2) is 6.41. The molecule has 8 heteroatoms. The number of nitrogens with two attached hydrogens (primary N) is 1. The lowest BCUT2D eigenvalue weighted by Crippen LogP contribution is -2.20. The van der Waals surface area contributed by atoms with Gasteiger partial charge in [0, 0.05) is 16.8 Å². The molecule has 3 N–H and O–H groups in total. The van der Waals surface area contributed by atoms with E-state index in [0.29, 0.717) is 0 Å². The van der Waals surface area contributed by atoms with Gasteiger partial charge in [0.25, 0.3) is 0 Å². The highest BCUT2D eigenvalue weighted by Crippen LogP contribution is 2.30. The van der Waals surface area contributed by atoms with Crippen LogP contribution in [-0.4, -0.2) is 20.7 Å². The first-order chi connectivity index (χ1) is 11.3. The Morgan fingerprint density at radius 2 is 2.21 bits per heavy atom. The van der Waals surface area contributed by atoms with Crippen molar-refractivity contribution in [2.75, 3.05) is 5.32 Å². The smallest absolute Gasteiger partial charge is 0.239 e. The normalized spacial score (nSPS) is 12.5. The summed E-state index contributed by atoms with van der Waals surface area (Å²) in [5.74, 6) is -0.408. The fraction of sp³-hybridized carbons (Fsp3) is 0.312. The van der Waals surface area contributed by atoms with Crippen LogP contribution in [0.2, 0.25) is 4.34 Å². The predicted molar refractivity (Wildman–Crippen MR) is 97.6 cm³/mol. The summed E-state index contributed by atoms with van der Waals surface area (Å²) in [6.07, 6.45) is 0. The molecule has 2 heterocycles. The Labute approximate surface area is 148 Å². The third kappa shape index (κ3) is 3.22. The van der Waals surface area contributed by atoms with Crippen LogP contribution in [0.4, 0.5) is 5.69 Å². The number of amides is 1. The van der Waals surface area contributed by atoms with Crippen molar-refractivity contribution in [1.29, 1.82) is 0 Å². The summed E-state index contributed by atoms with van der Waals surface area (Å²) in [7, 11) is 0. The van der Waals surface area contributed by atoms with E-state index >= 15 is 0 Å². The summed E-state index contributed by atoms with van der Waals surface area (Å²) in [5.41, 5.74) is 8.78. The van der Waals surface area contributed by atoms with Crippen molar-refractivity contribution in [1.82, 2.24) is 14.8 Å². The molecule has 6 nitrogen and oxygen atoms in total. The number of anilines is 1. The lowest BCUT2D eigenvalue weighted by Gasteiger charge is -2.12. The highest BCUT2D eigenvalue weighted by atomic mass is 35.5. The molecule has 1 amide bonds. The second-order valence-corrected chi connectivity index (χ2v) is 7.35. The molecular weight excluding hydrogens is 346 g/mol. The van der Waals surface area contributed by atoms with Crippen LogP contribution in [0, 0.1) is 13.8 Å². The van der Waals surface area contributed by atoms with Gasteiger partial charge in [0.2, 0.25) is 5.91 Å². The molecule has 0 aliphatic heterocycles. The number of aromatic nitrogens is 3. The zero-order valence-corrected chi connectivity index (χ0v) is 15.2.